The van der Waals surface area contributed by atoms with Gasteiger partial charge in [0, 0.05) is 25.4 Å². The van der Waals surface area contributed by atoms with E-state index in [2.05, 4.69) is 42.3 Å². The van der Waals surface area contributed by atoms with Crippen LogP contribution in [0.4, 0.5) is 5.69 Å². The van der Waals surface area contributed by atoms with Gasteiger partial charge in [-0.25, -0.2) is 0 Å². The van der Waals surface area contributed by atoms with Gasteiger partial charge in [-0.15, -0.1) is 0 Å². The molecule has 1 aliphatic rings. The molecule has 1 heterocycles. The van der Waals surface area contributed by atoms with E-state index in [9.17, 15) is 9.90 Å². The molecule has 4 nitrogen and oxygen atoms in total. The average Bonchev–Trinajstić information content (AvgIpc) is 2.57. The second-order valence-electron chi connectivity index (χ2n) is 5.13. The van der Waals surface area contributed by atoms with Crippen LogP contribution in [0.3, 0.4) is 0 Å². The van der Waals surface area contributed by atoms with E-state index in [1.54, 1.807) is 0 Å². The molecule has 1 atom stereocenters. The Morgan fingerprint density at radius 1 is 1.37 bits per heavy atom. The average molecular weight is 262 g/mol. The lowest BCUT2D eigenvalue weighted by molar-refractivity contribution is -0.122. The monoisotopic (exact) mass is 262 g/mol. The molecule has 2 rings (SSSR count). The predicted molar refractivity (Wildman–Crippen MR) is 76.4 cm³/mol. The van der Waals surface area contributed by atoms with Crippen LogP contribution in [0.5, 0.6) is 0 Å². The van der Waals surface area contributed by atoms with Gasteiger partial charge in [0.05, 0.1) is 0 Å². The van der Waals surface area contributed by atoms with Crippen molar-refractivity contribution in [3.63, 3.8) is 0 Å². The molecule has 19 heavy (non-hydrogen) atoms. The smallest absolute Gasteiger partial charge is 0.242 e. The van der Waals surface area contributed by atoms with Crippen LogP contribution in [0.2, 0.25) is 0 Å². The highest BCUT2D eigenvalue weighted by molar-refractivity contribution is 5.85. The summed E-state index contributed by atoms with van der Waals surface area (Å²) in [5.41, 5.74) is 3.55. The number of carbonyl (C=O) groups excluding carboxylic acids is 1. The van der Waals surface area contributed by atoms with Gasteiger partial charge in [-0.1, -0.05) is 6.07 Å². The Hall–Kier alpha value is -1.55. The van der Waals surface area contributed by atoms with Gasteiger partial charge >= 0.3 is 0 Å². The van der Waals surface area contributed by atoms with Gasteiger partial charge in [0.15, 0.2) is 0 Å². The minimum absolute atomic E-state index is 0.0183. The second kappa shape index (κ2) is 6.06. The SMILES string of the molecule is Cc1ccc(N2CCCNC(=O)C2CCO)cc1C. The van der Waals surface area contributed by atoms with Crippen LogP contribution in [-0.4, -0.2) is 36.8 Å². The number of benzene rings is 1. The Morgan fingerprint density at radius 2 is 2.16 bits per heavy atom. The Kier molecular flexibility index (Phi) is 4.43. The van der Waals surface area contributed by atoms with Crippen molar-refractivity contribution in [3.8, 4) is 0 Å². The molecule has 2 N–H and O–H groups in total. The van der Waals surface area contributed by atoms with E-state index in [1.807, 2.05) is 0 Å². The number of hydrogen-bond acceptors (Lipinski definition) is 3. The van der Waals surface area contributed by atoms with Gasteiger partial charge in [0.1, 0.15) is 6.04 Å². The molecule has 4 heteroatoms. The lowest BCUT2D eigenvalue weighted by Crippen LogP contribution is -2.45. The zero-order valence-electron chi connectivity index (χ0n) is 11.6. The highest BCUT2D eigenvalue weighted by Crippen LogP contribution is 2.23. The van der Waals surface area contributed by atoms with Gasteiger partial charge < -0.3 is 15.3 Å². The van der Waals surface area contributed by atoms with Gasteiger partial charge in [0.25, 0.3) is 0 Å². The molecule has 1 aliphatic heterocycles. The van der Waals surface area contributed by atoms with Crippen LogP contribution in [0.25, 0.3) is 0 Å². The van der Waals surface area contributed by atoms with Crippen molar-refractivity contribution < 1.29 is 9.90 Å². The van der Waals surface area contributed by atoms with E-state index in [0.717, 1.165) is 18.7 Å². The molecule has 1 unspecified atom stereocenters. The first kappa shape index (κ1) is 13.9. The van der Waals surface area contributed by atoms with Crippen molar-refractivity contribution in [3.05, 3.63) is 29.3 Å². The van der Waals surface area contributed by atoms with Gasteiger partial charge in [-0.2, -0.15) is 0 Å². The van der Waals surface area contributed by atoms with Gasteiger partial charge in [0.2, 0.25) is 5.91 Å². The standard InChI is InChI=1S/C15H22N2O2/c1-11-4-5-13(10-12(11)2)17-8-3-7-16-15(19)14(17)6-9-18/h4-5,10,14,18H,3,6-9H2,1-2H3,(H,16,19). The van der Waals surface area contributed by atoms with E-state index in [-0.39, 0.29) is 18.6 Å². The summed E-state index contributed by atoms with van der Waals surface area (Å²) in [6, 6.07) is 6.00. The number of carbonyl (C=O) groups is 1. The molecule has 0 aliphatic carbocycles. The number of nitrogens with one attached hydrogen (secondary N) is 1. The first-order valence-electron chi connectivity index (χ1n) is 6.86. The summed E-state index contributed by atoms with van der Waals surface area (Å²) in [4.78, 5) is 14.2. The Labute approximate surface area is 114 Å². The maximum atomic E-state index is 12.1. The Bertz CT molecular complexity index is 459. The number of rotatable bonds is 3. The van der Waals surface area contributed by atoms with E-state index in [4.69, 9.17) is 0 Å². The van der Waals surface area contributed by atoms with Crippen LogP contribution in [0.1, 0.15) is 24.0 Å². The molecule has 0 saturated carbocycles. The highest BCUT2D eigenvalue weighted by atomic mass is 16.3. The normalized spacial score (nSPS) is 20.1. The summed E-state index contributed by atoms with van der Waals surface area (Å²) in [6.07, 6.45) is 1.40. The predicted octanol–water partition coefficient (Wildman–Crippen LogP) is 1.38. The lowest BCUT2D eigenvalue weighted by Gasteiger charge is -2.30. The van der Waals surface area contributed by atoms with Crippen LogP contribution >= 0.6 is 0 Å². The third-order valence-electron chi connectivity index (χ3n) is 3.78. The number of hydrogen-bond donors (Lipinski definition) is 2. The Morgan fingerprint density at radius 3 is 2.84 bits per heavy atom. The summed E-state index contributed by atoms with van der Waals surface area (Å²) < 4.78 is 0. The van der Waals surface area contributed by atoms with E-state index < -0.39 is 0 Å². The molecular formula is C15H22N2O2. The number of amides is 1. The fraction of sp³-hybridized carbons (Fsp3) is 0.533. The van der Waals surface area contributed by atoms with Crippen LogP contribution in [0.15, 0.2) is 18.2 Å². The minimum atomic E-state index is -0.269. The lowest BCUT2D eigenvalue weighted by atomic mass is 10.1. The fourth-order valence-corrected chi connectivity index (χ4v) is 2.50. The zero-order chi connectivity index (χ0) is 13.8. The van der Waals surface area contributed by atoms with Crippen LogP contribution in [-0.2, 0) is 4.79 Å². The molecule has 0 radical (unpaired) electrons. The number of aliphatic hydroxyl groups is 1. The highest BCUT2D eigenvalue weighted by Gasteiger charge is 2.27. The maximum absolute atomic E-state index is 12.1. The molecule has 0 bridgehead atoms. The summed E-state index contributed by atoms with van der Waals surface area (Å²) in [5, 5.41) is 12.1. The molecule has 1 saturated heterocycles. The number of nitrogens with zero attached hydrogens (tertiary/aromatic N) is 1. The third kappa shape index (κ3) is 3.07. The van der Waals surface area contributed by atoms with Gasteiger partial charge in [-0.3, -0.25) is 4.79 Å². The van der Waals surface area contributed by atoms with Crippen molar-refractivity contribution in [2.24, 2.45) is 0 Å². The molecule has 1 aromatic rings. The number of anilines is 1. The molecule has 1 fully saturated rings. The second-order valence-corrected chi connectivity index (χ2v) is 5.13. The van der Waals surface area contributed by atoms with Crippen molar-refractivity contribution in [1.82, 2.24) is 5.32 Å². The quantitative estimate of drug-likeness (QED) is 0.865. The van der Waals surface area contributed by atoms with Crippen LogP contribution < -0.4 is 10.2 Å². The summed E-state index contributed by atoms with van der Waals surface area (Å²) >= 11 is 0. The van der Waals surface area contributed by atoms with Gasteiger partial charge in [-0.05, 0) is 49.9 Å². The first-order valence-corrected chi connectivity index (χ1v) is 6.86. The van der Waals surface area contributed by atoms with Crippen molar-refractivity contribution in [2.75, 3.05) is 24.6 Å². The van der Waals surface area contributed by atoms with E-state index in [0.29, 0.717) is 13.0 Å². The Balaban J connectivity index is 2.31. The van der Waals surface area contributed by atoms with Crippen LogP contribution in [0, 0.1) is 13.8 Å². The first-order chi connectivity index (χ1) is 9.13. The van der Waals surface area contributed by atoms with E-state index >= 15 is 0 Å². The molecule has 1 amide bonds. The minimum Gasteiger partial charge on any atom is -0.396 e. The summed E-state index contributed by atoms with van der Waals surface area (Å²) in [7, 11) is 0. The number of aliphatic hydroxyl groups excluding tert-OH is 1. The molecule has 0 spiro atoms. The molecule has 104 valence electrons. The topological polar surface area (TPSA) is 52.6 Å². The largest absolute Gasteiger partial charge is 0.396 e. The molecular weight excluding hydrogens is 240 g/mol. The summed E-state index contributed by atoms with van der Waals surface area (Å²) in [5.74, 6) is 0.0183. The number of aryl methyl sites for hydroxylation is 2. The van der Waals surface area contributed by atoms with Crippen molar-refractivity contribution >= 4 is 11.6 Å². The third-order valence-corrected chi connectivity index (χ3v) is 3.78. The molecule has 1 aromatic carbocycles. The van der Waals surface area contributed by atoms with Crippen molar-refractivity contribution in [2.45, 2.75) is 32.7 Å². The summed E-state index contributed by atoms with van der Waals surface area (Å²) in [6.45, 7) is 5.74. The molecule has 0 aromatic heterocycles. The zero-order valence-corrected chi connectivity index (χ0v) is 11.6. The maximum Gasteiger partial charge on any atom is 0.242 e. The van der Waals surface area contributed by atoms with E-state index in [1.165, 1.54) is 11.1 Å². The fourth-order valence-electron chi connectivity index (χ4n) is 2.50. The van der Waals surface area contributed by atoms with Crippen molar-refractivity contribution in [1.29, 1.82) is 0 Å².